The van der Waals surface area contributed by atoms with Crippen molar-refractivity contribution in [3.8, 4) is 0 Å². The minimum absolute atomic E-state index is 0.153. The number of carbonyl (C=O) groups excluding carboxylic acids is 1. The first kappa shape index (κ1) is 10.3. The summed E-state index contributed by atoms with van der Waals surface area (Å²) in [5.41, 5.74) is 5.80. The molecule has 0 aromatic heterocycles. The van der Waals surface area contributed by atoms with Gasteiger partial charge in [-0.2, -0.15) is 0 Å². The number of rotatable bonds is 4. The smallest absolute Gasteiger partial charge is 0.229 e. The van der Waals surface area contributed by atoms with Gasteiger partial charge in [0.2, 0.25) is 5.91 Å². The summed E-state index contributed by atoms with van der Waals surface area (Å²) in [5, 5.41) is 0.564. The number of thioether (sulfide) groups is 1. The van der Waals surface area contributed by atoms with Gasteiger partial charge in [-0.05, 0) is 6.42 Å². The average molecular weight is 214 g/mol. The predicted molar refractivity (Wildman–Crippen MR) is 58.7 cm³/mol. The molecule has 0 bridgehead atoms. The molecule has 0 radical (unpaired) electrons. The molecule has 14 heavy (non-hydrogen) atoms. The summed E-state index contributed by atoms with van der Waals surface area (Å²) < 4.78 is 0. The van der Waals surface area contributed by atoms with Gasteiger partial charge in [-0.25, -0.2) is 0 Å². The van der Waals surface area contributed by atoms with Gasteiger partial charge in [0.25, 0.3) is 0 Å². The van der Waals surface area contributed by atoms with Gasteiger partial charge in [-0.1, -0.05) is 26.2 Å². The van der Waals surface area contributed by atoms with E-state index in [1.54, 1.807) is 11.8 Å². The lowest BCUT2D eigenvalue weighted by molar-refractivity contribution is -0.149. The molecule has 2 rings (SSSR count). The number of hydrogen-bond acceptors (Lipinski definition) is 3. The minimum atomic E-state index is 0.153. The van der Waals surface area contributed by atoms with E-state index in [0.29, 0.717) is 11.3 Å². The van der Waals surface area contributed by atoms with Gasteiger partial charge in [0.05, 0.1) is 16.7 Å². The van der Waals surface area contributed by atoms with Crippen molar-refractivity contribution in [3.63, 3.8) is 0 Å². The Bertz CT molecular complexity index is 234. The van der Waals surface area contributed by atoms with E-state index in [1.165, 1.54) is 19.3 Å². The molecule has 2 unspecified atom stereocenters. The monoisotopic (exact) mass is 214 g/mol. The molecule has 2 saturated heterocycles. The first-order valence-corrected chi connectivity index (χ1v) is 6.40. The average Bonchev–Trinajstić information content (AvgIpc) is 2.51. The second kappa shape index (κ2) is 4.11. The van der Waals surface area contributed by atoms with E-state index in [9.17, 15) is 4.79 Å². The third-order valence-electron chi connectivity index (χ3n) is 3.06. The van der Waals surface area contributed by atoms with E-state index in [2.05, 4.69) is 6.92 Å². The zero-order chi connectivity index (χ0) is 10.1. The molecule has 2 N–H and O–H groups in total. The SMILES string of the molecule is CCCCCC1C(=O)N2CC(N)S[C@H]12. The molecule has 0 spiro atoms. The van der Waals surface area contributed by atoms with Crippen LogP contribution >= 0.6 is 11.8 Å². The van der Waals surface area contributed by atoms with Crippen LogP contribution in [0.2, 0.25) is 0 Å². The number of fused-ring (bicyclic) bond motifs is 1. The highest BCUT2D eigenvalue weighted by atomic mass is 32.2. The third kappa shape index (κ3) is 1.65. The van der Waals surface area contributed by atoms with Gasteiger partial charge in [0.15, 0.2) is 0 Å². The minimum Gasteiger partial charge on any atom is -0.327 e. The molecule has 3 atom stereocenters. The Kier molecular flexibility index (Phi) is 3.02. The van der Waals surface area contributed by atoms with Crippen molar-refractivity contribution in [2.24, 2.45) is 11.7 Å². The molecular formula is C10H18N2OS. The molecule has 0 aromatic carbocycles. The van der Waals surface area contributed by atoms with Crippen molar-refractivity contribution in [1.82, 2.24) is 4.90 Å². The summed E-state index contributed by atoms with van der Waals surface area (Å²) in [6, 6.07) is 0. The summed E-state index contributed by atoms with van der Waals surface area (Å²) in [4.78, 5) is 13.6. The van der Waals surface area contributed by atoms with Crippen LogP contribution < -0.4 is 5.73 Å². The lowest BCUT2D eigenvalue weighted by Gasteiger charge is -2.41. The van der Waals surface area contributed by atoms with Crippen molar-refractivity contribution >= 4 is 17.7 Å². The van der Waals surface area contributed by atoms with Gasteiger partial charge in [0, 0.05) is 6.54 Å². The molecule has 80 valence electrons. The van der Waals surface area contributed by atoms with Crippen molar-refractivity contribution < 1.29 is 4.79 Å². The highest BCUT2D eigenvalue weighted by molar-refractivity contribution is 8.00. The normalized spacial score (nSPS) is 35.7. The highest BCUT2D eigenvalue weighted by Gasteiger charge is 2.51. The second-order valence-electron chi connectivity index (χ2n) is 4.16. The highest BCUT2D eigenvalue weighted by Crippen LogP contribution is 2.44. The van der Waals surface area contributed by atoms with Gasteiger partial charge < -0.3 is 10.6 Å². The van der Waals surface area contributed by atoms with Crippen LogP contribution in [0.15, 0.2) is 0 Å². The van der Waals surface area contributed by atoms with Crippen LogP contribution in [-0.2, 0) is 4.79 Å². The maximum absolute atomic E-state index is 11.6. The van der Waals surface area contributed by atoms with Crippen LogP contribution in [0.5, 0.6) is 0 Å². The molecule has 0 aromatic rings. The molecule has 3 nitrogen and oxygen atoms in total. The molecule has 2 fully saturated rings. The van der Waals surface area contributed by atoms with Crippen molar-refractivity contribution in [2.45, 2.75) is 43.4 Å². The van der Waals surface area contributed by atoms with Crippen LogP contribution in [0.25, 0.3) is 0 Å². The van der Waals surface area contributed by atoms with Crippen molar-refractivity contribution in [3.05, 3.63) is 0 Å². The lowest BCUT2D eigenvalue weighted by atomic mass is 9.92. The molecule has 2 heterocycles. The topological polar surface area (TPSA) is 46.3 Å². The molecule has 1 amide bonds. The number of carbonyl (C=O) groups is 1. The van der Waals surface area contributed by atoms with Crippen molar-refractivity contribution in [2.75, 3.05) is 6.54 Å². The van der Waals surface area contributed by atoms with Gasteiger partial charge >= 0.3 is 0 Å². The summed E-state index contributed by atoms with van der Waals surface area (Å²) in [6.45, 7) is 2.95. The molecule has 0 aliphatic carbocycles. The Hall–Kier alpha value is -0.220. The first-order valence-electron chi connectivity index (χ1n) is 5.45. The summed E-state index contributed by atoms with van der Waals surface area (Å²) in [6.07, 6.45) is 4.72. The second-order valence-corrected chi connectivity index (χ2v) is 5.52. The fourth-order valence-electron chi connectivity index (χ4n) is 2.25. The fourth-order valence-corrected chi connectivity index (χ4v) is 3.64. The number of nitrogens with two attached hydrogens (primary N) is 1. The Morgan fingerprint density at radius 2 is 2.36 bits per heavy atom. The van der Waals surface area contributed by atoms with Crippen LogP contribution in [0.4, 0.5) is 0 Å². The van der Waals surface area contributed by atoms with E-state index < -0.39 is 0 Å². The zero-order valence-electron chi connectivity index (χ0n) is 8.61. The Morgan fingerprint density at radius 3 is 3.07 bits per heavy atom. The molecule has 2 aliphatic heterocycles. The number of hydrogen-bond donors (Lipinski definition) is 1. The summed E-state index contributed by atoms with van der Waals surface area (Å²) in [7, 11) is 0. The Labute approximate surface area is 89.4 Å². The van der Waals surface area contributed by atoms with Gasteiger partial charge in [-0.15, -0.1) is 11.8 Å². The lowest BCUT2D eigenvalue weighted by Crippen LogP contribution is -2.56. The fraction of sp³-hybridized carbons (Fsp3) is 0.900. The van der Waals surface area contributed by atoms with Crippen LogP contribution in [0.3, 0.4) is 0 Å². The van der Waals surface area contributed by atoms with E-state index in [4.69, 9.17) is 5.73 Å². The van der Waals surface area contributed by atoms with Crippen LogP contribution in [0, 0.1) is 5.92 Å². The Balaban J connectivity index is 1.81. The third-order valence-corrected chi connectivity index (χ3v) is 4.42. The molecule has 4 heteroatoms. The van der Waals surface area contributed by atoms with Crippen LogP contribution in [-0.4, -0.2) is 28.1 Å². The quantitative estimate of drug-likeness (QED) is 0.568. The standard InChI is InChI=1S/C10H18N2OS/c1-2-3-4-5-7-9(13)12-6-8(11)14-10(7)12/h7-8,10H,2-6,11H2,1H3/t7?,8?,10-/m1/s1. The largest absolute Gasteiger partial charge is 0.327 e. The first-order chi connectivity index (χ1) is 6.74. The number of unbranched alkanes of at least 4 members (excludes halogenated alkanes) is 2. The van der Waals surface area contributed by atoms with Gasteiger partial charge in [-0.3, -0.25) is 4.79 Å². The zero-order valence-corrected chi connectivity index (χ0v) is 9.43. The number of nitrogens with zero attached hydrogens (tertiary/aromatic N) is 1. The van der Waals surface area contributed by atoms with E-state index >= 15 is 0 Å². The summed E-state index contributed by atoms with van der Waals surface area (Å²) in [5.74, 6) is 0.617. The van der Waals surface area contributed by atoms with E-state index in [1.807, 2.05) is 4.90 Å². The van der Waals surface area contributed by atoms with Gasteiger partial charge in [0.1, 0.15) is 0 Å². The molecule has 2 aliphatic rings. The number of β-lactam (4-membered cyclic amide) rings is 1. The van der Waals surface area contributed by atoms with E-state index in [0.717, 1.165) is 13.0 Å². The van der Waals surface area contributed by atoms with Crippen LogP contribution in [0.1, 0.15) is 32.6 Å². The Morgan fingerprint density at radius 1 is 1.57 bits per heavy atom. The molecular weight excluding hydrogens is 196 g/mol. The predicted octanol–water partition coefficient (Wildman–Crippen LogP) is 1.38. The molecule has 0 saturated carbocycles. The maximum atomic E-state index is 11.6. The maximum Gasteiger partial charge on any atom is 0.229 e. The number of amides is 1. The summed E-state index contributed by atoms with van der Waals surface area (Å²) >= 11 is 1.77. The van der Waals surface area contributed by atoms with Crippen molar-refractivity contribution in [1.29, 1.82) is 0 Å². The van der Waals surface area contributed by atoms with E-state index in [-0.39, 0.29) is 11.3 Å².